The minimum absolute atomic E-state index is 0.715. The Morgan fingerprint density at radius 1 is 0.242 bits per heavy atom. The Labute approximate surface area is 362 Å². The Hall–Kier alpha value is -8.20. The quantitative estimate of drug-likeness (QED) is 0.143. The van der Waals surface area contributed by atoms with Crippen molar-refractivity contribution < 1.29 is 0 Å². The predicted octanol–water partition coefficient (Wildman–Crippen LogP) is 16.1. The number of hydrogen-bond acceptors (Lipinski definition) is 2. The van der Waals surface area contributed by atoms with Crippen LogP contribution in [0.2, 0.25) is 0 Å². The molecule has 0 aliphatic rings. The number of rotatable bonds is 8. The summed E-state index contributed by atoms with van der Waals surface area (Å²) in [5.41, 5.74) is 18.0. The summed E-state index contributed by atoms with van der Waals surface area (Å²) in [6, 6.07) is 86.8. The average molecular weight is 789 g/mol. The fraction of sp³-hybridized carbons (Fsp3) is 0. The highest BCUT2D eigenvalue weighted by Gasteiger charge is 2.24. The summed E-state index contributed by atoms with van der Waals surface area (Å²) < 4.78 is 0. The molecule has 290 valence electrons. The maximum atomic E-state index is 5.30. The van der Waals surface area contributed by atoms with Crippen LogP contribution < -0.4 is 0 Å². The SMILES string of the molecule is c1ccc(-c2nc(-c3ccccc3)c3ccc4ccc(-c5cccc(-c6cc(-c7ccccc7)c(-c7ccccc7)c(-c7ccccc7)c6-c6ccccc6)c5)cc4c3n2)cc1. The van der Waals surface area contributed by atoms with Crippen molar-refractivity contribution >= 4 is 21.7 Å². The van der Waals surface area contributed by atoms with E-state index in [1.807, 2.05) is 24.3 Å². The van der Waals surface area contributed by atoms with Crippen LogP contribution in [-0.2, 0) is 0 Å². The summed E-state index contributed by atoms with van der Waals surface area (Å²) in [5, 5.41) is 3.26. The fourth-order valence-electron chi connectivity index (χ4n) is 8.95. The van der Waals surface area contributed by atoms with Crippen LogP contribution in [0.15, 0.2) is 243 Å². The molecule has 0 aliphatic heterocycles. The van der Waals surface area contributed by atoms with E-state index in [1.54, 1.807) is 0 Å². The second-order valence-corrected chi connectivity index (χ2v) is 15.7. The van der Waals surface area contributed by atoms with Crippen molar-refractivity contribution in [2.75, 3.05) is 0 Å². The molecule has 10 aromatic carbocycles. The van der Waals surface area contributed by atoms with Gasteiger partial charge in [0.15, 0.2) is 5.82 Å². The Morgan fingerprint density at radius 3 is 1.26 bits per heavy atom. The molecule has 0 spiro atoms. The first-order chi connectivity index (χ1) is 30.8. The summed E-state index contributed by atoms with van der Waals surface area (Å²) >= 11 is 0. The maximum absolute atomic E-state index is 5.30. The van der Waals surface area contributed by atoms with Gasteiger partial charge in [0.25, 0.3) is 0 Å². The smallest absolute Gasteiger partial charge is 0.160 e. The Balaban J connectivity index is 1.16. The van der Waals surface area contributed by atoms with Crippen molar-refractivity contribution in [1.29, 1.82) is 0 Å². The van der Waals surface area contributed by atoms with Gasteiger partial charge in [0.2, 0.25) is 0 Å². The first kappa shape index (κ1) is 36.8. The maximum Gasteiger partial charge on any atom is 0.160 e. The average Bonchev–Trinajstić information content (AvgIpc) is 3.36. The van der Waals surface area contributed by atoms with Gasteiger partial charge in [0, 0.05) is 21.9 Å². The third kappa shape index (κ3) is 6.84. The van der Waals surface area contributed by atoms with E-state index < -0.39 is 0 Å². The molecule has 0 amide bonds. The lowest BCUT2D eigenvalue weighted by molar-refractivity contribution is 1.23. The molecule has 0 radical (unpaired) electrons. The minimum Gasteiger partial charge on any atom is -0.227 e. The van der Waals surface area contributed by atoms with Gasteiger partial charge >= 0.3 is 0 Å². The van der Waals surface area contributed by atoms with Crippen LogP contribution in [0.4, 0.5) is 0 Å². The second kappa shape index (κ2) is 16.1. The molecule has 2 heteroatoms. The highest BCUT2D eigenvalue weighted by Crippen LogP contribution is 2.50. The van der Waals surface area contributed by atoms with Crippen molar-refractivity contribution in [2.45, 2.75) is 0 Å². The van der Waals surface area contributed by atoms with Gasteiger partial charge < -0.3 is 0 Å². The molecule has 0 atom stereocenters. The van der Waals surface area contributed by atoms with Crippen LogP contribution in [-0.4, -0.2) is 9.97 Å². The van der Waals surface area contributed by atoms with E-state index in [4.69, 9.17) is 9.97 Å². The molecule has 11 aromatic rings. The molecule has 0 bridgehead atoms. The molecule has 0 saturated carbocycles. The Kier molecular flexibility index (Phi) is 9.57. The van der Waals surface area contributed by atoms with E-state index in [0.29, 0.717) is 5.82 Å². The fourth-order valence-corrected chi connectivity index (χ4v) is 8.95. The normalized spacial score (nSPS) is 11.2. The Bertz CT molecular complexity index is 3350. The van der Waals surface area contributed by atoms with Crippen LogP contribution in [0, 0.1) is 0 Å². The molecule has 0 unspecified atom stereocenters. The highest BCUT2D eigenvalue weighted by atomic mass is 14.9. The first-order valence-electron chi connectivity index (χ1n) is 21.2. The van der Waals surface area contributed by atoms with Crippen LogP contribution in [0.3, 0.4) is 0 Å². The van der Waals surface area contributed by atoms with Gasteiger partial charge in [-0.3, -0.25) is 0 Å². The van der Waals surface area contributed by atoms with Crippen molar-refractivity contribution in [1.82, 2.24) is 9.97 Å². The summed E-state index contributed by atoms with van der Waals surface area (Å²) in [5.74, 6) is 0.715. The molecule has 1 aromatic heterocycles. The van der Waals surface area contributed by atoms with E-state index in [2.05, 4.69) is 218 Å². The van der Waals surface area contributed by atoms with E-state index >= 15 is 0 Å². The summed E-state index contributed by atoms with van der Waals surface area (Å²) in [4.78, 5) is 10.5. The van der Waals surface area contributed by atoms with Gasteiger partial charge in [-0.05, 0) is 96.4 Å². The van der Waals surface area contributed by atoms with Gasteiger partial charge in [-0.1, -0.05) is 218 Å². The minimum atomic E-state index is 0.715. The number of hydrogen-bond donors (Lipinski definition) is 0. The van der Waals surface area contributed by atoms with E-state index in [0.717, 1.165) is 55.2 Å². The third-order valence-electron chi connectivity index (χ3n) is 11.9. The van der Waals surface area contributed by atoms with Gasteiger partial charge in [0.1, 0.15) is 0 Å². The van der Waals surface area contributed by atoms with Gasteiger partial charge in [-0.25, -0.2) is 9.97 Å². The number of aromatic nitrogens is 2. The molecule has 62 heavy (non-hydrogen) atoms. The van der Waals surface area contributed by atoms with Crippen LogP contribution in [0.25, 0.3) is 111 Å². The Morgan fingerprint density at radius 2 is 0.677 bits per heavy atom. The number of nitrogens with zero attached hydrogens (tertiary/aromatic N) is 2. The summed E-state index contributed by atoms with van der Waals surface area (Å²) in [6.07, 6.45) is 0. The molecule has 0 aliphatic carbocycles. The standard InChI is InChI=1S/C60H40N2/c1-7-20-41(21-8-1)52-40-53(56(44-24-11-3-12-25-44)57(45-26-13-4-14-27-45)55(52)43-22-9-2-10-23-43)50-33-19-32-48(38-50)49-35-34-42-36-37-51-58(46-28-15-5-16-29-46)61-60(47-30-17-6-18-31-47)62-59(51)54(42)39-49/h1-40H. The lowest BCUT2D eigenvalue weighted by atomic mass is 9.78. The van der Waals surface area contributed by atoms with Crippen LogP contribution >= 0.6 is 0 Å². The van der Waals surface area contributed by atoms with Crippen LogP contribution in [0.1, 0.15) is 0 Å². The van der Waals surface area contributed by atoms with E-state index in [9.17, 15) is 0 Å². The monoisotopic (exact) mass is 788 g/mol. The van der Waals surface area contributed by atoms with E-state index in [-0.39, 0.29) is 0 Å². The number of benzene rings is 10. The van der Waals surface area contributed by atoms with Gasteiger partial charge in [0.05, 0.1) is 11.2 Å². The summed E-state index contributed by atoms with van der Waals surface area (Å²) in [7, 11) is 0. The zero-order valence-corrected chi connectivity index (χ0v) is 34.0. The molecule has 0 saturated heterocycles. The van der Waals surface area contributed by atoms with E-state index in [1.165, 1.54) is 50.1 Å². The van der Waals surface area contributed by atoms with Gasteiger partial charge in [-0.2, -0.15) is 0 Å². The van der Waals surface area contributed by atoms with Crippen molar-refractivity contribution in [3.05, 3.63) is 243 Å². The van der Waals surface area contributed by atoms with Crippen molar-refractivity contribution in [3.8, 4) is 89.4 Å². The van der Waals surface area contributed by atoms with Crippen LogP contribution in [0.5, 0.6) is 0 Å². The molecule has 11 rings (SSSR count). The zero-order valence-electron chi connectivity index (χ0n) is 34.0. The van der Waals surface area contributed by atoms with Crippen molar-refractivity contribution in [2.24, 2.45) is 0 Å². The number of fused-ring (bicyclic) bond motifs is 3. The zero-order chi connectivity index (χ0) is 41.2. The largest absolute Gasteiger partial charge is 0.227 e. The lowest BCUT2D eigenvalue weighted by Crippen LogP contribution is -1.98. The lowest BCUT2D eigenvalue weighted by Gasteiger charge is -2.24. The highest BCUT2D eigenvalue weighted by molar-refractivity contribution is 6.11. The summed E-state index contributed by atoms with van der Waals surface area (Å²) in [6.45, 7) is 0. The van der Waals surface area contributed by atoms with Gasteiger partial charge in [-0.15, -0.1) is 0 Å². The topological polar surface area (TPSA) is 25.8 Å². The molecular weight excluding hydrogens is 749 g/mol. The third-order valence-corrected chi connectivity index (χ3v) is 11.9. The molecule has 1 heterocycles. The predicted molar refractivity (Wildman–Crippen MR) is 261 cm³/mol. The molecule has 0 N–H and O–H groups in total. The first-order valence-corrected chi connectivity index (χ1v) is 21.2. The molecule has 0 fully saturated rings. The second-order valence-electron chi connectivity index (χ2n) is 15.7. The molecule has 2 nitrogen and oxygen atoms in total. The molecular formula is C60H40N2. The van der Waals surface area contributed by atoms with Crippen molar-refractivity contribution in [3.63, 3.8) is 0 Å².